The summed E-state index contributed by atoms with van der Waals surface area (Å²) in [4.78, 5) is 23.9. The van der Waals surface area contributed by atoms with Crippen LogP contribution in [0.3, 0.4) is 0 Å². The van der Waals surface area contributed by atoms with Crippen LogP contribution in [0.15, 0.2) is 65.8 Å². The van der Waals surface area contributed by atoms with E-state index in [1.165, 1.54) is 0 Å². The van der Waals surface area contributed by atoms with Crippen molar-refractivity contribution in [3.63, 3.8) is 0 Å². The summed E-state index contributed by atoms with van der Waals surface area (Å²) >= 11 is 0. The van der Waals surface area contributed by atoms with Crippen molar-refractivity contribution < 1.29 is 9.59 Å². The zero-order chi connectivity index (χ0) is 15.8. The molecule has 1 saturated heterocycles. The second-order valence-electron chi connectivity index (χ2n) is 5.44. The lowest BCUT2D eigenvalue weighted by Gasteiger charge is -2.28. The van der Waals surface area contributed by atoms with Gasteiger partial charge in [0.25, 0.3) is 0 Å². The number of amides is 3. The van der Waals surface area contributed by atoms with Crippen molar-refractivity contribution >= 4 is 23.5 Å². The highest BCUT2D eigenvalue weighted by Gasteiger charge is 2.47. The highest BCUT2D eigenvalue weighted by atomic mass is 16.2. The molecule has 2 aromatic carbocycles. The van der Waals surface area contributed by atoms with Gasteiger partial charge in [0.1, 0.15) is 11.8 Å². The molecule has 0 aliphatic carbocycles. The Labute approximate surface area is 132 Å². The van der Waals surface area contributed by atoms with Crippen LogP contribution >= 0.6 is 0 Å². The predicted octanol–water partition coefficient (Wildman–Crippen LogP) is 2.02. The van der Waals surface area contributed by atoms with E-state index >= 15 is 0 Å². The normalized spacial score (nSPS) is 23.0. The van der Waals surface area contributed by atoms with Gasteiger partial charge < -0.3 is 0 Å². The molecule has 0 aromatic heterocycles. The number of urea groups is 1. The summed E-state index contributed by atoms with van der Waals surface area (Å²) in [5.74, 6) is -0.494. The van der Waals surface area contributed by atoms with Crippen LogP contribution in [-0.4, -0.2) is 17.8 Å². The average Bonchev–Trinajstić information content (AvgIpc) is 2.96. The minimum Gasteiger partial charge on any atom is -0.293 e. The van der Waals surface area contributed by atoms with Crippen LogP contribution in [-0.2, 0) is 4.79 Å². The molecule has 2 unspecified atom stereocenters. The third kappa shape index (κ3) is 2.24. The Morgan fingerprint density at radius 2 is 1.52 bits per heavy atom. The average molecular weight is 306 g/mol. The maximum Gasteiger partial charge on any atom is 0.326 e. The Morgan fingerprint density at radius 3 is 2.22 bits per heavy atom. The van der Waals surface area contributed by atoms with Gasteiger partial charge >= 0.3 is 6.03 Å². The van der Waals surface area contributed by atoms with E-state index in [4.69, 9.17) is 0 Å². The molecular weight excluding hydrogens is 292 g/mol. The van der Waals surface area contributed by atoms with Crippen molar-refractivity contribution in [2.45, 2.75) is 6.04 Å². The lowest BCUT2D eigenvalue weighted by Crippen LogP contribution is -2.55. The second kappa shape index (κ2) is 5.24. The molecule has 2 N–H and O–H groups in total. The number of carbonyl (C=O) groups is 2. The number of para-hydroxylation sites is 1. The van der Waals surface area contributed by atoms with E-state index in [1.807, 2.05) is 60.7 Å². The van der Waals surface area contributed by atoms with Gasteiger partial charge in [-0.1, -0.05) is 48.5 Å². The zero-order valence-electron chi connectivity index (χ0n) is 12.1. The Bertz CT molecular complexity index is 789. The molecule has 0 spiro atoms. The Morgan fingerprint density at radius 1 is 0.870 bits per heavy atom. The molecule has 2 atom stereocenters. The van der Waals surface area contributed by atoms with Crippen LogP contribution < -0.4 is 15.6 Å². The van der Waals surface area contributed by atoms with E-state index in [2.05, 4.69) is 15.7 Å². The molecule has 2 aliphatic rings. The number of hydrazone groups is 1. The van der Waals surface area contributed by atoms with Crippen LogP contribution in [0.1, 0.15) is 11.6 Å². The molecule has 4 rings (SSSR count). The quantitative estimate of drug-likeness (QED) is 0.891. The van der Waals surface area contributed by atoms with Crippen molar-refractivity contribution in [1.29, 1.82) is 0 Å². The lowest BCUT2D eigenvalue weighted by molar-refractivity contribution is -0.122. The molecule has 2 aliphatic heterocycles. The van der Waals surface area contributed by atoms with Gasteiger partial charge in [-0.25, -0.2) is 4.79 Å². The number of benzene rings is 2. The Kier molecular flexibility index (Phi) is 3.08. The first-order valence-corrected chi connectivity index (χ1v) is 7.33. The van der Waals surface area contributed by atoms with Crippen LogP contribution in [0, 0.1) is 5.92 Å². The third-order valence-corrected chi connectivity index (χ3v) is 4.01. The maximum absolute atomic E-state index is 12.4. The molecule has 0 bridgehead atoms. The summed E-state index contributed by atoms with van der Waals surface area (Å²) < 4.78 is 0. The first kappa shape index (κ1) is 13.5. The topological polar surface area (TPSA) is 73.8 Å². The maximum atomic E-state index is 12.4. The first-order chi connectivity index (χ1) is 11.2. The summed E-state index contributed by atoms with van der Waals surface area (Å²) in [5, 5.41) is 11.3. The first-order valence-electron chi connectivity index (χ1n) is 7.33. The molecule has 23 heavy (non-hydrogen) atoms. The lowest BCUT2D eigenvalue weighted by atomic mass is 9.90. The van der Waals surface area contributed by atoms with Gasteiger partial charge in [0.05, 0.1) is 11.7 Å². The fourth-order valence-electron chi connectivity index (χ4n) is 3.02. The van der Waals surface area contributed by atoms with E-state index in [1.54, 1.807) is 5.01 Å². The van der Waals surface area contributed by atoms with Gasteiger partial charge in [-0.05, 0) is 17.7 Å². The van der Waals surface area contributed by atoms with Gasteiger partial charge in [0, 0.05) is 0 Å². The molecule has 114 valence electrons. The summed E-state index contributed by atoms with van der Waals surface area (Å²) in [6.45, 7) is 0. The Hall–Kier alpha value is -3.15. The van der Waals surface area contributed by atoms with Crippen molar-refractivity contribution in [3.05, 3.63) is 66.2 Å². The SMILES string of the molecule is O=C1NC(=O)C2C(=NN(c3ccccc3)C2c2ccccc2)N1. The molecular formula is C17H14N4O2. The summed E-state index contributed by atoms with van der Waals surface area (Å²) in [7, 11) is 0. The van der Waals surface area contributed by atoms with Crippen molar-refractivity contribution in [1.82, 2.24) is 10.6 Å². The van der Waals surface area contributed by atoms with E-state index in [-0.39, 0.29) is 11.9 Å². The largest absolute Gasteiger partial charge is 0.326 e. The minimum absolute atomic E-state index is 0.297. The molecule has 2 aromatic rings. The Balaban J connectivity index is 1.82. The number of rotatable bonds is 2. The van der Waals surface area contributed by atoms with Gasteiger partial charge in [-0.3, -0.25) is 20.4 Å². The standard InChI is InChI=1S/C17H14N4O2/c22-16-13-14(11-7-3-1-4-8-11)21(12-9-5-2-6-10-12)20-15(13)18-17(23)19-16/h1-10,13-14H,(H2,18,19,20,22,23). The number of anilines is 1. The monoisotopic (exact) mass is 306 g/mol. The predicted molar refractivity (Wildman–Crippen MR) is 85.7 cm³/mol. The summed E-state index contributed by atoms with van der Waals surface area (Å²) in [6.07, 6.45) is 0. The fourth-order valence-corrected chi connectivity index (χ4v) is 3.02. The number of carbonyl (C=O) groups excluding carboxylic acids is 2. The molecule has 6 heteroatoms. The summed E-state index contributed by atoms with van der Waals surface area (Å²) in [6, 6.07) is 18.5. The molecule has 2 heterocycles. The molecule has 1 fully saturated rings. The third-order valence-electron chi connectivity index (χ3n) is 4.01. The van der Waals surface area contributed by atoms with Crippen LogP contribution in [0.2, 0.25) is 0 Å². The molecule has 0 radical (unpaired) electrons. The van der Waals surface area contributed by atoms with Crippen LogP contribution in [0.5, 0.6) is 0 Å². The molecule has 0 saturated carbocycles. The summed E-state index contributed by atoms with van der Waals surface area (Å²) in [5.41, 5.74) is 1.83. The van der Waals surface area contributed by atoms with Crippen molar-refractivity contribution in [2.75, 3.05) is 5.01 Å². The number of hydrogen-bond acceptors (Lipinski definition) is 4. The van der Waals surface area contributed by atoms with Gasteiger partial charge in [0.2, 0.25) is 5.91 Å². The number of hydrogen-bond donors (Lipinski definition) is 2. The number of imide groups is 1. The molecule has 3 amide bonds. The van der Waals surface area contributed by atoms with Gasteiger partial charge in [-0.2, -0.15) is 5.10 Å². The van der Waals surface area contributed by atoms with E-state index in [0.717, 1.165) is 11.3 Å². The van der Waals surface area contributed by atoms with Gasteiger partial charge in [0.15, 0.2) is 0 Å². The van der Waals surface area contributed by atoms with E-state index in [0.29, 0.717) is 5.84 Å². The smallest absolute Gasteiger partial charge is 0.293 e. The highest BCUT2D eigenvalue weighted by molar-refractivity contribution is 6.19. The fraction of sp³-hybridized carbons (Fsp3) is 0.118. The van der Waals surface area contributed by atoms with Gasteiger partial charge in [-0.15, -0.1) is 0 Å². The number of nitrogens with one attached hydrogen (secondary N) is 2. The molecule has 6 nitrogen and oxygen atoms in total. The van der Waals surface area contributed by atoms with Crippen molar-refractivity contribution in [3.8, 4) is 0 Å². The van der Waals surface area contributed by atoms with Crippen molar-refractivity contribution in [2.24, 2.45) is 11.0 Å². The number of nitrogens with zero attached hydrogens (tertiary/aromatic N) is 2. The number of fused-ring (bicyclic) bond motifs is 1. The van der Waals surface area contributed by atoms with E-state index in [9.17, 15) is 9.59 Å². The van der Waals surface area contributed by atoms with Crippen LogP contribution in [0.25, 0.3) is 0 Å². The van der Waals surface area contributed by atoms with Crippen LogP contribution in [0.4, 0.5) is 10.5 Å². The minimum atomic E-state index is -0.546. The number of amidine groups is 1. The second-order valence-corrected chi connectivity index (χ2v) is 5.44. The zero-order valence-corrected chi connectivity index (χ0v) is 12.1. The van der Waals surface area contributed by atoms with E-state index < -0.39 is 11.9 Å². The highest BCUT2D eigenvalue weighted by Crippen LogP contribution is 2.39.